The van der Waals surface area contributed by atoms with Crippen LogP contribution >= 0.6 is 0 Å². The van der Waals surface area contributed by atoms with Crippen molar-refractivity contribution in [2.24, 2.45) is 0 Å². The van der Waals surface area contributed by atoms with Crippen LogP contribution in [0.15, 0.2) is 54.5 Å². The summed E-state index contributed by atoms with van der Waals surface area (Å²) in [6, 6.07) is 7.64. The summed E-state index contributed by atoms with van der Waals surface area (Å²) in [5, 5.41) is 7.19. The molecule has 4 N–H and O–H groups in total. The van der Waals surface area contributed by atoms with E-state index in [2.05, 4.69) is 20.6 Å². The number of nitrogens with zero attached hydrogens (tertiary/aromatic N) is 3. The van der Waals surface area contributed by atoms with Gasteiger partial charge in [0.15, 0.2) is 0 Å². The van der Waals surface area contributed by atoms with Crippen LogP contribution in [0.4, 0.5) is 16.3 Å². The van der Waals surface area contributed by atoms with E-state index in [0.29, 0.717) is 37.4 Å². The number of nitrogens with two attached hydrogens (primary N) is 1. The van der Waals surface area contributed by atoms with Crippen molar-refractivity contribution in [1.29, 1.82) is 0 Å². The molecule has 8 nitrogen and oxygen atoms in total. The van der Waals surface area contributed by atoms with Crippen LogP contribution in [0.1, 0.15) is 18.4 Å². The van der Waals surface area contributed by atoms with Gasteiger partial charge in [-0.05, 0) is 60.5 Å². The molecule has 164 valence electrons. The zero-order valence-corrected chi connectivity index (χ0v) is 18.2. The van der Waals surface area contributed by atoms with Gasteiger partial charge in [-0.1, -0.05) is 5.57 Å². The number of fused-ring (bicyclic) bond motifs is 1. The van der Waals surface area contributed by atoms with Crippen molar-refractivity contribution < 1.29 is 9.59 Å². The zero-order chi connectivity index (χ0) is 22.7. The quantitative estimate of drug-likeness (QED) is 0.435. The molecule has 8 heteroatoms. The third-order valence-electron chi connectivity index (χ3n) is 5.71. The first-order valence-electron chi connectivity index (χ1n) is 10.5. The number of pyridine rings is 2. The van der Waals surface area contributed by atoms with Crippen LogP contribution < -0.4 is 16.4 Å². The van der Waals surface area contributed by atoms with Crippen LogP contribution in [0, 0.1) is 6.92 Å². The van der Waals surface area contributed by atoms with Crippen LogP contribution in [0.2, 0.25) is 0 Å². The van der Waals surface area contributed by atoms with Crippen LogP contribution in [-0.2, 0) is 4.79 Å². The van der Waals surface area contributed by atoms with Gasteiger partial charge in [0.05, 0.1) is 0 Å². The predicted molar refractivity (Wildman–Crippen MR) is 126 cm³/mol. The Bertz CT molecular complexity index is 1210. The fourth-order valence-electron chi connectivity index (χ4n) is 3.92. The molecule has 0 atom stereocenters. The lowest BCUT2D eigenvalue weighted by molar-refractivity contribution is -0.112. The van der Waals surface area contributed by atoms with Gasteiger partial charge in [0, 0.05) is 61.4 Å². The molecule has 0 unspecified atom stereocenters. The molecule has 1 aromatic carbocycles. The first kappa shape index (κ1) is 21.3. The third kappa shape index (κ3) is 4.54. The maximum atomic E-state index is 12.5. The number of carbonyl (C=O) groups excluding carboxylic acids is 2. The summed E-state index contributed by atoms with van der Waals surface area (Å²) in [5.41, 5.74) is 11.0. The molecule has 3 amide bonds. The SMILES string of the molecule is CNC(=O)N1CCC(=CC(=O)Nc2cc3cc(-c4cnccc4C)cc(N)c3cn2)CC1. The molecule has 0 saturated carbocycles. The van der Waals surface area contributed by atoms with Crippen molar-refractivity contribution in [2.75, 3.05) is 31.2 Å². The zero-order valence-electron chi connectivity index (χ0n) is 18.2. The maximum Gasteiger partial charge on any atom is 0.317 e. The van der Waals surface area contributed by atoms with E-state index in [0.717, 1.165) is 33.0 Å². The van der Waals surface area contributed by atoms with E-state index in [1.807, 2.05) is 37.4 Å². The molecule has 1 saturated heterocycles. The van der Waals surface area contributed by atoms with Crippen molar-refractivity contribution in [1.82, 2.24) is 20.2 Å². The number of likely N-dealkylation sites (tertiary alicyclic amines) is 1. The minimum absolute atomic E-state index is 0.0889. The third-order valence-corrected chi connectivity index (χ3v) is 5.71. The highest BCUT2D eigenvalue weighted by molar-refractivity contribution is 6.02. The predicted octanol–water partition coefficient (Wildman–Crippen LogP) is 3.49. The van der Waals surface area contributed by atoms with Crippen molar-refractivity contribution in [3.63, 3.8) is 0 Å². The van der Waals surface area contributed by atoms with E-state index >= 15 is 0 Å². The average Bonchev–Trinajstić information content (AvgIpc) is 2.79. The Morgan fingerprint density at radius 1 is 1.16 bits per heavy atom. The largest absolute Gasteiger partial charge is 0.398 e. The summed E-state index contributed by atoms with van der Waals surface area (Å²) in [7, 11) is 1.62. The van der Waals surface area contributed by atoms with E-state index in [4.69, 9.17) is 5.73 Å². The van der Waals surface area contributed by atoms with Gasteiger partial charge in [0.2, 0.25) is 5.91 Å². The van der Waals surface area contributed by atoms with Gasteiger partial charge in [-0.3, -0.25) is 9.78 Å². The Kier molecular flexibility index (Phi) is 6.02. The number of aromatic nitrogens is 2. The van der Waals surface area contributed by atoms with E-state index in [9.17, 15) is 9.59 Å². The van der Waals surface area contributed by atoms with E-state index in [-0.39, 0.29) is 11.9 Å². The van der Waals surface area contributed by atoms with E-state index < -0.39 is 0 Å². The lowest BCUT2D eigenvalue weighted by atomic mass is 9.99. The number of hydrogen-bond acceptors (Lipinski definition) is 5. The van der Waals surface area contributed by atoms with Crippen LogP contribution in [0.5, 0.6) is 0 Å². The Hall–Kier alpha value is -3.94. The van der Waals surface area contributed by atoms with E-state index in [1.165, 1.54) is 0 Å². The highest BCUT2D eigenvalue weighted by Crippen LogP contribution is 2.31. The number of aryl methyl sites for hydroxylation is 1. The number of benzene rings is 1. The molecule has 0 bridgehead atoms. The number of piperidine rings is 1. The molecule has 2 aromatic heterocycles. The summed E-state index contributed by atoms with van der Waals surface area (Å²) in [6.45, 7) is 3.23. The number of carbonyl (C=O) groups is 2. The minimum atomic E-state index is -0.229. The molecule has 1 fully saturated rings. The molecule has 32 heavy (non-hydrogen) atoms. The smallest absolute Gasteiger partial charge is 0.317 e. The summed E-state index contributed by atoms with van der Waals surface area (Å²) >= 11 is 0. The highest BCUT2D eigenvalue weighted by Gasteiger charge is 2.18. The topological polar surface area (TPSA) is 113 Å². The van der Waals surface area contributed by atoms with Gasteiger partial charge in [0.25, 0.3) is 0 Å². The molecular formula is C24H26N6O2. The van der Waals surface area contributed by atoms with Gasteiger partial charge in [0.1, 0.15) is 5.82 Å². The van der Waals surface area contributed by atoms with Gasteiger partial charge < -0.3 is 21.3 Å². The van der Waals surface area contributed by atoms with Crippen LogP contribution in [0.3, 0.4) is 0 Å². The summed E-state index contributed by atoms with van der Waals surface area (Å²) in [6.07, 6.45) is 8.22. The van der Waals surface area contributed by atoms with Gasteiger partial charge in [-0.2, -0.15) is 0 Å². The Labute approximate surface area is 186 Å². The standard InChI is InChI=1S/C24H26N6O2/c1-15-3-6-27-13-19(15)17-10-18-12-22(28-14-20(18)21(25)11-17)29-23(31)9-16-4-7-30(8-5-16)24(32)26-2/h3,6,9-14H,4-5,7-8,25H2,1-2H3,(H,26,32)(H,28,29,31). The lowest BCUT2D eigenvalue weighted by Crippen LogP contribution is -2.41. The Morgan fingerprint density at radius 2 is 1.94 bits per heavy atom. The van der Waals surface area contributed by atoms with Crippen molar-refractivity contribution in [3.8, 4) is 11.1 Å². The van der Waals surface area contributed by atoms with E-state index in [1.54, 1.807) is 30.4 Å². The highest BCUT2D eigenvalue weighted by atomic mass is 16.2. The van der Waals surface area contributed by atoms with Crippen molar-refractivity contribution >= 4 is 34.2 Å². The number of urea groups is 1. The molecular weight excluding hydrogens is 404 g/mol. The summed E-state index contributed by atoms with van der Waals surface area (Å²) in [5.74, 6) is 0.231. The number of anilines is 2. The van der Waals surface area contributed by atoms with Gasteiger partial charge >= 0.3 is 6.03 Å². The normalized spacial score (nSPS) is 13.7. The van der Waals surface area contributed by atoms with Crippen molar-refractivity contribution in [3.05, 3.63) is 60.1 Å². The number of hydrogen-bond donors (Lipinski definition) is 3. The Balaban J connectivity index is 1.52. The van der Waals surface area contributed by atoms with Gasteiger partial charge in [-0.15, -0.1) is 0 Å². The molecule has 3 aromatic rings. The molecule has 4 rings (SSSR count). The fraction of sp³-hybridized carbons (Fsp3) is 0.250. The first-order valence-corrected chi connectivity index (χ1v) is 10.5. The molecule has 0 spiro atoms. The second kappa shape index (κ2) is 9.05. The monoisotopic (exact) mass is 430 g/mol. The maximum absolute atomic E-state index is 12.5. The second-order valence-corrected chi connectivity index (χ2v) is 7.88. The molecule has 3 heterocycles. The number of nitrogen functional groups attached to an aromatic ring is 1. The van der Waals surface area contributed by atoms with Gasteiger partial charge in [-0.25, -0.2) is 9.78 Å². The summed E-state index contributed by atoms with van der Waals surface area (Å²) < 4.78 is 0. The minimum Gasteiger partial charge on any atom is -0.398 e. The number of amides is 3. The molecule has 1 aliphatic rings. The number of rotatable bonds is 3. The Morgan fingerprint density at radius 3 is 2.66 bits per heavy atom. The average molecular weight is 431 g/mol. The van der Waals surface area contributed by atoms with Crippen LogP contribution in [0.25, 0.3) is 21.9 Å². The fourth-order valence-corrected chi connectivity index (χ4v) is 3.92. The molecule has 0 radical (unpaired) electrons. The lowest BCUT2D eigenvalue weighted by Gasteiger charge is -2.27. The van der Waals surface area contributed by atoms with Crippen molar-refractivity contribution in [2.45, 2.75) is 19.8 Å². The van der Waals surface area contributed by atoms with Crippen LogP contribution in [-0.4, -0.2) is 46.9 Å². The number of nitrogens with one attached hydrogen (secondary N) is 2. The molecule has 1 aliphatic heterocycles. The second-order valence-electron chi connectivity index (χ2n) is 7.88. The molecule has 0 aliphatic carbocycles. The first-order chi connectivity index (χ1) is 15.4. The summed E-state index contributed by atoms with van der Waals surface area (Å²) in [4.78, 5) is 34.5.